The summed E-state index contributed by atoms with van der Waals surface area (Å²) in [7, 11) is 0. The van der Waals surface area contributed by atoms with Crippen LogP contribution >= 0.6 is 11.3 Å². The minimum absolute atomic E-state index is 0.524. The number of benzene rings is 8. The average molecular weight is 799 g/mol. The summed E-state index contributed by atoms with van der Waals surface area (Å²) in [4.78, 5) is 30.3. The Kier molecular flexibility index (Phi) is 9.26. The maximum atomic E-state index is 5.17. The van der Waals surface area contributed by atoms with Gasteiger partial charge in [0.15, 0.2) is 34.9 Å². The summed E-state index contributed by atoms with van der Waals surface area (Å²) < 4.78 is 2.54. The van der Waals surface area contributed by atoms with Gasteiger partial charge in [-0.2, -0.15) is 0 Å². The number of nitrogens with zero attached hydrogens (tertiary/aromatic N) is 6. The van der Waals surface area contributed by atoms with Gasteiger partial charge in [0.2, 0.25) is 0 Å². The molecule has 0 atom stereocenters. The topological polar surface area (TPSA) is 77.3 Å². The molecular weight excluding hydrogens is 765 g/mol. The van der Waals surface area contributed by atoms with Crippen molar-refractivity contribution in [3.05, 3.63) is 206 Å². The Bertz CT molecular complexity index is 3280. The standard InChI is InChI=1S/C54H34N6S/c1-5-16-35(17-6-1)41-32-33-47-46(34-41)43-27-15-26-42(48(43)61-47)36-28-30-40(31-29-36)52-56-51(39-22-11-4-12-23-39)59-54(60-52)45-25-14-13-24-44(45)53-57-49(37-18-7-2-8-19-37)55-50(58-53)38-20-9-3-10-21-38/h1-34H. The fourth-order valence-corrected chi connectivity index (χ4v) is 9.00. The van der Waals surface area contributed by atoms with Gasteiger partial charge in [-0.15, -0.1) is 11.3 Å². The van der Waals surface area contributed by atoms with Gasteiger partial charge in [0, 0.05) is 53.6 Å². The third-order valence-electron chi connectivity index (χ3n) is 10.8. The third-order valence-corrected chi connectivity index (χ3v) is 12.1. The van der Waals surface area contributed by atoms with Crippen LogP contribution in [0.2, 0.25) is 0 Å². The third kappa shape index (κ3) is 7.03. The molecule has 0 aliphatic heterocycles. The van der Waals surface area contributed by atoms with Crippen LogP contribution in [0.5, 0.6) is 0 Å². The first-order valence-electron chi connectivity index (χ1n) is 20.1. The smallest absolute Gasteiger partial charge is 0.164 e. The molecule has 0 aliphatic rings. The van der Waals surface area contributed by atoms with Gasteiger partial charge in [0.05, 0.1) is 0 Å². The van der Waals surface area contributed by atoms with Crippen molar-refractivity contribution in [3.8, 4) is 90.6 Å². The van der Waals surface area contributed by atoms with Crippen molar-refractivity contribution in [2.75, 3.05) is 0 Å². The summed E-state index contributed by atoms with van der Waals surface area (Å²) in [5, 5.41) is 2.54. The van der Waals surface area contributed by atoms with Crippen molar-refractivity contribution >= 4 is 31.5 Å². The molecule has 11 aromatic rings. The van der Waals surface area contributed by atoms with Crippen LogP contribution in [0.4, 0.5) is 0 Å². The van der Waals surface area contributed by atoms with Gasteiger partial charge < -0.3 is 0 Å². The van der Waals surface area contributed by atoms with Gasteiger partial charge in [-0.3, -0.25) is 0 Å². The monoisotopic (exact) mass is 798 g/mol. The molecule has 61 heavy (non-hydrogen) atoms. The lowest BCUT2D eigenvalue weighted by Crippen LogP contribution is -2.03. The molecule has 0 saturated heterocycles. The zero-order valence-corrected chi connectivity index (χ0v) is 33.5. The van der Waals surface area contributed by atoms with Crippen LogP contribution in [0.3, 0.4) is 0 Å². The van der Waals surface area contributed by atoms with Gasteiger partial charge in [-0.25, -0.2) is 29.9 Å². The summed E-state index contributed by atoms with van der Waals surface area (Å²) in [6.45, 7) is 0. The molecule has 0 aliphatic carbocycles. The van der Waals surface area contributed by atoms with E-state index in [2.05, 4.69) is 91.0 Å². The van der Waals surface area contributed by atoms with Crippen LogP contribution in [-0.2, 0) is 0 Å². The minimum atomic E-state index is 0.524. The van der Waals surface area contributed by atoms with E-state index in [4.69, 9.17) is 29.9 Å². The zero-order valence-electron chi connectivity index (χ0n) is 32.7. The van der Waals surface area contributed by atoms with Gasteiger partial charge in [-0.1, -0.05) is 194 Å². The van der Waals surface area contributed by atoms with E-state index in [1.807, 2.05) is 127 Å². The zero-order chi connectivity index (χ0) is 40.5. The molecule has 11 rings (SSSR count). The predicted octanol–water partition coefficient (Wildman–Crippen LogP) is 13.8. The SMILES string of the molecule is c1ccc(-c2ccc3sc4c(-c5ccc(-c6nc(-c7ccccc7)nc(-c7ccccc7-c7nc(-c8ccccc8)nc(-c8ccccc8)n7)n6)cc5)cccc4c3c2)cc1. The highest BCUT2D eigenvalue weighted by atomic mass is 32.1. The second kappa shape index (κ2) is 15.6. The van der Waals surface area contributed by atoms with Crippen LogP contribution in [0.15, 0.2) is 206 Å². The number of rotatable bonds is 8. The molecule has 0 saturated carbocycles. The Labute approximate surface area is 356 Å². The van der Waals surface area contributed by atoms with Gasteiger partial charge in [0.25, 0.3) is 0 Å². The van der Waals surface area contributed by atoms with Gasteiger partial charge >= 0.3 is 0 Å². The molecule has 0 radical (unpaired) electrons. The number of hydrogen-bond acceptors (Lipinski definition) is 7. The second-order valence-corrected chi connectivity index (χ2v) is 15.7. The molecule has 0 amide bonds. The number of hydrogen-bond donors (Lipinski definition) is 0. The molecule has 0 spiro atoms. The highest BCUT2D eigenvalue weighted by molar-refractivity contribution is 7.26. The number of thiophene rings is 1. The molecule has 286 valence electrons. The molecule has 6 nitrogen and oxygen atoms in total. The summed E-state index contributed by atoms with van der Waals surface area (Å²) in [6, 6.07) is 70.6. The van der Waals surface area contributed by atoms with E-state index in [1.54, 1.807) is 0 Å². The normalized spacial score (nSPS) is 11.3. The maximum absolute atomic E-state index is 5.17. The van der Waals surface area contributed by atoms with Crippen molar-refractivity contribution in [1.29, 1.82) is 0 Å². The molecule has 3 heterocycles. The quantitative estimate of drug-likeness (QED) is 0.152. The van der Waals surface area contributed by atoms with Crippen LogP contribution in [0.1, 0.15) is 0 Å². The highest BCUT2D eigenvalue weighted by Gasteiger charge is 2.20. The van der Waals surface area contributed by atoms with Crippen LogP contribution in [0.25, 0.3) is 111 Å². The maximum Gasteiger partial charge on any atom is 0.164 e. The Morgan fingerprint density at radius 3 is 1.11 bits per heavy atom. The van der Waals surface area contributed by atoms with E-state index >= 15 is 0 Å². The van der Waals surface area contributed by atoms with Gasteiger partial charge in [0.1, 0.15) is 0 Å². The van der Waals surface area contributed by atoms with Crippen molar-refractivity contribution in [2.45, 2.75) is 0 Å². The second-order valence-electron chi connectivity index (χ2n) is 14.7. The van der Waals surface area contributed by atoms with E-state index in [0.717, 1.165) is 38.9 Å². The van der Waals surface area contributed by atoms with Crippen molar-refractivity contribution < 1.29 is 0 Å². The van der Waals surface area contributed by atoms with Crippen molar-refractivity contribution in [3.63, 3.8) is 0 Å². The van der Waals surface area contributed by atoms with E-state index < -0.39 is 0 Å². The largest absolute Gasteiger partial charge is 0.208 e. The summed E-state index contributed by atoms with van der Waals surface area (Å²) in [5.74, 6) is 3.38. The van der Waals surface area contributed by atoms with Crippen LogP contribution < -0.4 is 0 Å². The van der Waals surface area contributed by atoms with E-state index in [0.29, 0.717) is 34.9 Å². The summed E-state index contributed by atoms with van der Waals surface area (Å²) in [6.07, 6.45) is 0. The summed E-state index contributed by atoms with van der Waals surface area (Å²) in [5.41, 5.74) is 9.93. The van der Waals surface area contributed by atoms with Crippen LogP contribution in [-0.4, -0.2) is 29.9 Å². The fourth-order valence-electron chi connectivity index (χ4n) is 7.78. The molecule has 0 fully saturated rings. The first-order valence-corrected chi connectivity index (χ1v) is 20.9. The van der Waals surface area contributed by atoms with Crippen molar-refractivity contribution in [1.82, 2.24) is 29.9 Å². The predicted molar refractivity (Wildman–Crippen MR) is 250 cm³/mol. The lowest BCUT2D eigenvalue weighted by molar-refractivity contribution is 1.06. The Hall–Kier alpha value is -8.00. The van der Waals surface area contributed by atoms with E-state index in [9.17, 15) is 0 Å². The average Bonchev–Trinajstić information content (AvgIpc) is 3.73. The summed E-state index contributed by atoms with van der Waals surface area (Å²) >= 11 is 1.84. The lowest BCUT2D eigenvalue weighted by atomic mass is 9.99. The Morgan fingerprint density at radius 1 is 0.246 bits per heavy atom. The Balaban J connectivity index is 1.01. The van der Waals surface area contributed by atoms with E-state index in [1.165, 1.54) is 36.9 Å². The highest BCUT2D eigenvalue weighted by Crippen LogP contribution is 2.42. The molecule has 0 unspecified atom stereocenters. The first kappa shape index (κ1) is 36.1. The molecular formula is C54H34N6S. The lowest BCUT2D eigenvalue weighted by Gasteiger charge is -2.13. The molecule has 0 bridgehead atoms. The first-order chi connectivity index (χ1) is 30.2. The van der Waals surface area contributed by atoms with Crippen LogP contribution in [0, 0.1) is 0 Å². The molecule has 0 N–H and O–H groups in total. The molecule has 8 aromatic carbocycles. The minimum Gasteiger partial charge on any atom is -0.208 e. The van der Waals surface area contributed by atoms with E-state index in [-0.39, 0.29) is 0 Å². The molecule has 7 heteroatoms. The Morgan fingerprint density at radius 2 is 0.623 bits per heavy atom. The molecule has 3 aromatic heterocycles. The number of aromatic nitrogens is 6. The van der Waals surface area contributed by atoms with Gasteiger partial charge in [-0.05, 0) is 34.4 Å². The van der Waals surface area contributed by atoms with Crippen molar-refractivity contribution in [2.24, 2.45) is 0 Å². The number of fused-ring (bicyclic) bond motifs is 3. The fraction of sp³-hybridized carbons (Fsp3) is 0.